The maximum Gasteiger partial charge on any atom is 0.137 e. The Morgan fingerprint density at radius 3 is 2.63 bits per heavy atom. The predicted molar refractivity (Wildman–Crippen MR) is 84.7 cm³/mol. The molecule has 0 aliphatic heterocycles. The van der Waals surface area contributed by atoms with Gasteiger partial charge < -0.3 is 4.40 Å². The highest BCUT2D eigenvalue weighted by atomic mass is 79.9. The van der Waals surface area contributed by atoms with E-state index in [9.17, 15) is 0 Å². The summed E-state index contributed by atoms with van der Waals surface area (Å²) in [6.07, 6.45) is 4.22. The molecule has 2 aromatic heterocycles. The van der Waals surface area contributed by atoms with Gasteiger partial charge in [-0.1, -0.05) is 35.0 Å². The fourth-order valence-corrected chi connectivity index (χ4v) is 2.93. The minimum Gasteiger partial charge on any atom is -0.305 e. The van der Waals surface area contributed by atoms with E-state index in [0.717, 1.165) is 27.1 Å². The standard InChI is InChI=1S/C15H13BrN2S/c1-2-19-13-7-8-15-17-14(10-18(15)9-13)11-3-5-12(16)6-4-11/h3-10H,2H2,1H3. The Morgan fingerprint density at radius 1 is 1.11 bits per heavy atom. The van der Waals surface area contributed by atoms with Crippen molar-refractivity contribution in [2.45, 2.75) is 11.8 Å². The number of pyridine rings is 1. The summed E-state index contributed by atoms with van der Waals surface area (Å²) in [5.74, 6) is 1.08. The highest BCUT2D eigenvalue weighted by Crippen LogP contribution is 2.23. The Labute approximate surface area is 125 Å². The lowest BCUT2D eigenvalue weighted by molar-refractivity contribution is 1.13. The summed E-state index contributed by atoms with van der Waals surface area (Å²) in [7, 11) is 0. The highest BCUT2D eigenvalue weighted by molar-refractivity contribution is 9.10. The molecule has 0 spiro atoms. The van der Waals surface area contributed by atoms with Crippen molar-refractivity contribution in [2.24, 2.45) is 0 Å². The van der Waals surface area contributed by atoms with Crippen molar-refractivity contribution in [1.82, 2.24) is 9.38 Å². The van der Waals surface area contributed by atoms with Crippen LogP contribution in [0.5, 0.6) is 0 Å². The molecule has 0 aliphatic rings. The lowest BCUT2D eigenvalue weighted by Gasteiger charge is -1.98. The van der Waals surface area contributed by atoms with Gasteiger partial charge in [0.25, 0.3) is 0 Å². The smallest absolute Gasteiger partial charge is 0.137 e. The van der Waals surface area contributed by atoms with Gasteiger partial charge in [0, 0.05) is 27.3 Å². The van der Waals surface area contributed by atoms with Crippen molar-refractivity contribution in [3.63, 3.8) is 0 Å². The van der Waals surface area contributed by atoms with Gasteiger partial charge in [-0.3, -0.25) is 0 Å². The Morgan fingerprint density at radius 2 is 1.89 bits per heavy atom. The minimum atomic E-state index is 0.985. The zero-order chi connectivity index (χ0) is 13.2. The van der Waals surface area contributed by atoms with Crippen molar-refractivity contribution in [3.05, 3.63) is 53.3 Å². The monoisotopic (exact) mass is 332 g/mol. The Balaban J connectivity index is 2.03. The third-order valence-corrected chi connectivity index (χ3v) is 4.27. The van der Waals surface area contributed by atoms with Crippen LogP contribution in [0.2, 0.25) is 0 Å². The third kappa shape index (κ3) is 2.69. The largest absolute Gasteiger partial charge is 0.305 e. The number of imidazole rings is 1. The van der Waals surface area contributed by atoms with E-state index in [2.05, 4.69) is 68.9 Å². The average molecular weight is 333 g/mol. The highest BCUT2D eigenvalue weighted by Gasteiger charge is 2.04. The molecule has 0 saturated carbocycles. The van der Waals surface area contributed by atoms with Crippen LogP contribution in [-0.4, -0.2) is 15.1 Å². The SMILES string of the molecule is CCSc1ccc2nc(-c3ccc(Br)cc3)cn2c1. The van der Waals surface area contributed by atoms with Gasteiger partial charge in [0.1, 0.15) is 5.65 Å². The van der Waals surface area contributed by atoms with Gasteiger partial charge in [-0.25, -0.2) is 4.98 Å². The minimum absolute atomic E-state index is 0.985. The van der Waals surface area contributed by atoms with Crippen LogP contribution < -0.4 is 0 Å². The number of aromatic nitrogens is 2. The van der Waals surface area contributed by atoms with E-state index in [1.807, 2.05) is 23.9 Å². The quantitative estimate of drug-likeness (QED) is 0.636. The molecule has 0 radical (unpaired) electrons. The Hall–Kier alpha value is -1.26. The molecule has 4 heteroatoms. The van der Waals surface area contributed by atoms with Gasteiger partial charge >= 0.3 is 0 Å². The Kier molecular flexibility index (Phi) is 3.62. The van der Waals surface area contributed by atoms with E-state index in [4.69, 9.17) is 0 Å². The predicted octanol–water partition coefficient (Wildman–Crippen LogP) is 4.88. The summed E-state index contributed by atoms with van der Waals surface area (Å²) in [4.78, 5) is 5.93. The normalized spacial score (nSPS) is 11.1. The summed E-state index contributed by atoms with van der Waals surface area (Å²) in [5.41, 5.74) is 3.13. The maximum atomic E-state index is 4.65. The van der Waals surface area contributed by atoms with Crippen LogP contribution >= 0.6 is 27.7 Å². The molecular weight excluding hydrogens is 320 g/mol. The molecule has 3 rings (SSSR count). The molecule has 0 N–H and O–H groups in total. The van der Waals surface area contributed by atoms with E-state index in [1.165, 1.54) is 4.90 Å². The second-order valence-electron chi connectivity index (χ2n) is 4.20. The molecule has 0 fully saturated rings. The van der Waals surface area contributed by atoms with Crippen LogP contribution in [0.1, 0.15) is 6.92 Å². The average Bonchev–Trinajstić information content (AvgIpc) is 2.83. The summed E-state index contributed by atoms with van der Waals surface area (Å²) in [6.45, 7) is 2.16. The van der Waals surface area contributed by atoms with E-state index in [-0.39, 0.29) is 0 Å². The molecule has 19 heavy (non-hydrogen) atoms. The summed E-state index contributed by atoms with van der Waals surface area (Å²) in [6, 6.07) is 12.4. The summed E-state index contributed by atoms with van der Waals surface area (Å²) in [5, 5.41) is 0. The molecule has 1 aromatic carbocycles. The number of halogens is 1. The molecule has 0 amide bonds. The first kappa shape index (κ1) is 12.8. The molecule has 2 nitrogen and oxygen atoms in total. The zero-order valence-electron chi connectivity index (χ0n) is 10.5. The van der Waals surface area contributed by atoms with Crippen molar-refractivity contribution in [3.8, 4) is 11.3 Å². The molecule has 96 valence electrons. The first-order valence-corrected chi connectivity index (χ1v) is 7.91. The molecular formula is C15H13BrN2S. The summed E-state index contributed by atoms with van der Waals surface area (Å²) >= 11 is 5.29. The first-order chi connectivity index (χ1) is 9.26. The third-order valence-electron chi connectivity index (χ3n) is 2.87. The first-order valence-electron chi connectivity index (χ1n) is 6.14. The molecule has 2 heterocycles. The van der Waals surface area contributed by atoms with E-state index in [1.54, 1.807) is 0 Å². The number of rotatable bonds is 3. The molecule has 0 bridgehead atoms. The van der Waals surface area contributed by atoms with Crippen LogP contribution in [-0.2, 0) is 0 Å². The lowest BCUT2D eigenvalue weighted by Crippen LogP contribution is -1.83. The maximum absolute atomic E-state index is 4.65. The zero-order valence-corrected chi connectivity index (χ0v) is 12.9. The molecule has 0 unspecified atom stereocenters. The van der Waals surface area contributed by atoms with Crippen LogP contribution in [0.25, 0.3) is 16.9 Å². The number of thioether (sulfide) groups is 1. The van der Waals surface area contributed by atoms with Gasteiger partial charge in [0.2, 0.25) is 0 Å². The van der Waals surface area contributed by atoms with Gasteiger partial charge in [-0.15, -0.1) is 11.8 Å². The van der Waals surface area contributed by atoms with Crippen LogP contribution in [0, 0.1) is 0 Å². The number of nitrogens with zero attached hydrogens (tertiary/aromatic N) is 2. The molecule has 3 aromatic rings. The summed E-state index contributed by atoms with van der Waals surface area (Å²) < 4.78 is 3.18. The van der Waals surface area contributed by atoms with Crippen LogP contribution in [0.15, 0.2) is 58.2 Å². The van der Waals surface area contributed by atoms with Crippen molar-refractivity contribution in [1.29, 1.82) is 0 Å². The van der Waals surface area contributed by atoms with Gasteiger partial charge in [-0.2, -0.15) is 0 Å². The topological polar surface area (TPSA) is 17.3 Å². The van der Waals surface area contributed by atoms with Gasteiger partial charge in [0.05, 0.1) is 5.69 Å². The molecule has 0 aliphatic carbocycles. The fraction of sp³-hybridized carbons (Fsp3) is 0.133. The fourth-order valence-electron chi connectivity index (χ4n) is 1.98. The number of benzene rings is 1. The van der Waals surface area contributed by atoms with Gasteiger partial charge in [0.15, 0.2) is 0 Å². The second kappa shape index (κ2) is 5.39. The van der Waals surface area contributed by atoms with Crippen LogP contribution in [0.3, 0.4) is 0 Å². The van der Waals surface area contributed by atoms with E-state index >= 15 is 0 Å². The number of hydrogen-bond acceptors (Lipinski definition) is 2. The van der Waals surface area contributed by atoms with E-state index < -0.39 is 0 Å². The number of fused-ring (bicyclic) bond motifs is 1. The van der Waals surface area contributed by atoms with Crippen molar-refractivity contribution in [2.75, 3.05) is 5.75 Å². The second-order valence-corrected chi connectivity index (χ2v) is 6.45. The van der Waals surface area contributed by atoms with E-state index in [0.29, 0.717) is 0 Å². The Bertz CT molecular complexity index is 704. The van der Waals surface area contributed by atoms with Crippen molar-refractivity contribution < 1.29 is 0 Å². The number of hydrogen-bond donors (Lipinski definition) is 0. The van der Waals surface area contributed by atoms with Gasteiger partial charge in [-0.05, 0) is 30.0 Å². The van der Waals surface area contributed by atoms with Crippen molar-refractivity contribution >= 4 is 33.3 Å². The molecule has 0 saturated heterocycles. The molecule has 0 atom stereocenters. The lowest BCUT2D eigenvalue weighted by atomic mass is 10.2. The van der Waals surface area contributed by atoms with Crippen LogP contribution in [0.4, 0.5) is 0 Å².